The first-order valence-electron chi connectivity index (χ1n) is 7.11. The van der Waals surface area contributed by atoms with E-state index in [9.17, 15) is 9.59 Å². The van der Waals surface area contributed by atoms with E-state index in [1.165, 1.54) is 11.3 Å². The SMILES string of the molecule is Cc1nc(-c2ccccc2)c(C(=O)NC2CC(C(=O)O)C2)s1. The second-order valence-electron chi connectivity index (χ2n) is 5.45. The zero-order chi connectivity index (χ0) is 15.7. The maximum Gasteiger partial charge on any atom is 0.306 e. The monoisotopic (exact) mass is 316 g/mol. The van der Waals surface area contributed by atoms with Gasteiger partial charge in [0.05, 0.1) is 16.6 Å². The standard InChI is InChI=1S/C16H16N2O3S/c1-9-17-13(10-5-3-2-4-6-10)14(22-9)15(19)18-12-7-11(8-12)16(20)21/h2-6,11-12H,7-8H2,1H3,(H,18,19)(H,20,21). The minimum absolute atomic E-state index is 0.0559. The summed E-state index contributed by atoms with van der Waals surface area (Å²) in [6.45, 7) is 1.87. The molecule has 22 heavy (non-hydrogen) atoms. The van der Waals surface area contributed by atoms with Gasteiger partial charge in [-0.1, -0.05) is 30.3 Å². The molecule has 1 saturated carbocycles. The van der Waals surface area contributed by atoms with E-state index in [4.69, 9.17) is 5.11 Å². The predicted octanol–water partition coefficient (Wildman–Crippen LogP) is 2.71. The molecule has 0 aliphatic heterocycles. The summed E-state index contributed by atoms with van der Waals surface area (Å²) >= 11 is 1.36. The minimum Gasteiger partial charge on any atom is -0.481 e. The van der Waals surface area contributed by atoms with E-state index in [0.29, 0.717) is 23.4 Å². The van der Waals surface area contributed by atoms with Crippen LogP contribution in [0.2, 0.25) is 0 Å². The van der Waals surface area contributed by atoms with Gasteiger partial charge >= 0.3 is 5.97 Å². The van der Waals surface area contributed by atoms with Gasteiger partial charge in [0.2, 0.25) is 0 Å². The number of carbonyl (C=O) groups is 2. The van der Waals surface area contributed by atoms with Crippen LogP contribution in [0.15, 0.2) is 30.3 Å². The van der Waals surface area contributed by atoms with E-state index in [-0.39, 0.29) is 17.9 Å². The number of nitrogens with zero attached hydrogens (tertiary/aromatic N) is 1. The summed E-state index contributed by atoms with van der Waals surface area (Å²) in [5.41, 5.74) is 1.60. The van der Waals surface area contributed by atoms with Crippen LogP contribution >= 0.6 is 11.3 Å². The van der Waals surface area contributed by atoms with Crippen LogP contribution in [0.5, 0.6) is 0 Å². The van der Waals surface area contributed by atoms with Gasteiger partial charge in [0.15, 0.2) is 0 Å². The van der Waals surface area contributed by atoms with Gasteiger partial charge in [-0.15, -0.1) is 11.3 Å². The molecule has 0 saturated heterocycles. The molecule has 1 amide bonds. The second-order valence-corrected chi connectivity index (χ2v) is 6.66. The molecule has 5 nitrogen and oxygen atoms in total. The number of carbonyl (C=O) groups excluding carboxylic acids is 1. The molecule has 0 spiro atoms. The summed E-state index contributed by atoms with van der Waals surface area (Å²) in [7, 11) is 0. The fourth-order valence-electron chi connectivity index (χ4n) is 2.56. The van der Waals surface area contributed by atoms with Crippen molar-refractivity contribution in [2.75, 3.05) is 0 Å². The van der Waals surface area contributed by atoms with Gasteiger partial charge in [-0.25, -0.2) is 4.98 Å². The van der Waals surface area contributed by atoms with Gasteiger partial charge < -0.3 is 10.4 Å². The Bertz CT molecular complexity index is 705. The number of rotatable bonds is 4. The highest BCUT2D eigenvalue weighted by atomic mass is 32.1. The molecule has 1 aliphatic rings. The molecule has 1 aliphatic carbocycles. The summed E-state index contributed by atoms with van der Waals surface area (Å²) in [5.74, 6) is -1.29. The van der Waals surface area contributed by atoms with Gasteiger partial charge in [-0.2, -0.15) is 0 Å². The Balaban J connectivity index is 1.75. The number of benzene rings is 1. The third-order valence-corrected chi connectivity index (χ3v) is 4.78. The van der Waals surface area contributed by atoms with E-state index >= 15 is 0 Å². The first kappa shape index (κ1) is 14.7. The Kier molecular flexibility index (Phi) is 3.94. The van der Waals surface area contributed by atoms with Crippen LogP contribution in [-0.4, -0.2) is 28.0 Å². The lowest BCUT2D eigenvalue weighted by atomic mass is 9.80. The zero-order valence-corrected chi connectivity index (χ0v) is 12.9. The maximum absolute atomic E-state index is 12.4. The van der Waals surface area contributed by atoms with Gasteiger partial charge in [-0.3, -0.25) is 9.59 Å². The van der Waals surface area contributed by atoms with Crippen LogP contribution in [0.4, 0.5) is 0 Å². The molecule has 1 fully saturated rings. The van der Waals surface area contributed by atoms with Crippen molar-refractivity contribution >= 4 is 23.2 Å². The Labute approximate surface area is 132 Å². The van der Waals surface area contributed by atoms with Crippen molar-refractivity contribution in [3.05, 3.63) is 40.2 Å². The third-order valence-electron chi connectivity index (χ3n) is 3.81. The normalized spacial score (nSPS) is 20.2. The summed E-state index contributed by atoms with van der Waals surface area (Å²) in [4.78, 5) is 28.3. The number of carboxylic acid groups (broad SMARTS) is 1. The Morgan fingerprint density at radius 1 is 1.27 bits per heavy atom. The number of amides is 1. The van der Waals surface area contributed by atoms with Gasteiger partial charge in [0, 0.05) is 11.6 Å². The largest absolute Gasteiger partial charge is 0.481 e. The number of hydrogen-bond donors (Lipinski definition) is 2. The first-order chi connectivity index (χ1) is 10.5. The van der Waals surface area contributed by atoms with Crippen molar-refractivity contribution in [3.63, 3.8) is 0 Å². The average Bonchev–Trinajstić information content (AvgIpc) is 2.85. The highest BCUT2D eigenvalue weighted by molar-refractivity contribution is 7.14. The number of hydrogen-bond acceptors (Lipinski definition) is 4. The third kappa shape index (κ3) is 2.87. The van der Waals surface area contributed by atoms with E-state index < -0.39 is 5.97 Å². The van der Waals surface area contributed by atoms with E-state index in [0.717, 1.165) is 10.6 Å². The van der Waals surface area contributed by atoms with Crippen molar-refractivity contribution in [3.8, 4) is 11.3 Å². The second kappa shape index (κ2) is 5.88. The molecule has 6 heteroatoms. The van der Waals surface area contributed by atoms with Crippen LogP contribution in [0.1, 0.15) is 27.5 Å². The first-order valence-corrected chi connectivity index (χ1v) is 7.92. The number of aromatic nitrogens is 1. The quantitative estimate of drug-likeness (QED) is 0.909. The average molecular weight is 316 g/mol. The molecule has 1 aromatic carbocycles. The van der Waals surface area contributed by atoms with Crippen LogP contribution in [0, 0.1) is 12.8 Å². The van der Waals surface area contributed by atoms with Gasteiger partial charge in [-0.05, 0) is 19.8 Å². The van der Waals surface area contributed by atoms with E-state index in [1.807, 2.05) is 37.3 Å². The molecule has 2 N–H and O–H groups in total. The van der Waals surface area contributed by atoms with Crippen molar-refractivity contribution in [1.29, 1.82) is 0 Å². The summed E-state index contributed by atoms with van der Waals surface area (Å²) < 4.78 is 0. The van der Waals surface area contributed by atoms with Crippen LogP contribution in [0.3, 0.4) is 0 Å². The number of aliphatic carboxylic acids is 1. The lowest BCUT2D eigenvalue weighted by molar-refractivity contribution is -0.145. The molecule has 2 aromatic rings. The molecule has 0 atom stereocenters. The summed E-state index contributed by atoms with van der Waals surface area (Å²) in [6, 6.07) is 9.54. The van der Waals surface area contributed by atoms with E-state index in [1.54, 1.807) is 0 Å². The maximum atomic E-state index is 12.4. The topological polar surface area (TPSA) is 79.3 Å². The summed E-state index contributed by atoms with van der Waals surface area (Å²) in [6.07, 6.45) is 0.999. The molecular weight excluding hydrogens is 300 g/mol. The van der Waals surface area contributed by atoms with Crippen molar-refractivity contribution in [1.82, 2.24) is 10.3 Å². The number of aryl methyl sites for hydroxylation is 1. The smallest absolute Gasteiger partial charge is 0.306 e. The molecule has 0 unspecified atom stereocenters. The van der Waals surface area contributed by atoms with Crippen molar-refractivity contribution < 1.29 is 14.7 Å². The highest BCUT2D eigenvalue weighted by Gasteiger charge is 2.36. The fraction of sp³-hybridized carbons (Fsp3) is 0.312. The van der Waals surface area contributed by atoms with Crippen LogP contribution in [0.25, 0.3) is 11.3 Å². The van der Waals surface area contributed by atoms with Gasteiger partial charge in [0.1, 0.15) is 4.88 Å². The lowest BCUT2D eigenvalue weighted by Gasteiger charge is -2.32. The Hall–Kier alpha value is -2.21. The lowest BCUT2D eigenvalue weighted by Crippen LogP contribution is -2.46. The molecular formula is C16H16N2O3S. The zero-order valence-electron chi connectivity index (χ0n) is 12.1. The van der Waals surface area contributed by atoms with Gasteiger partial charge in [0.25, 0.3) is 5.91 Å². The molecule has 0 radical (unpaired) electrons. The van der Waals surface area contributed by atoms with Crippen LogP contribution in [-0.2, 0) is 4.79 Å². The highest BCUT2D eigenvalue weighted by Crippen LogP contribution is 2.31. The molecule has 3 rings (SSSR count). The fourth-order valence-corrected chi connectivity index (χ4v) is 3.41. The van der Waals surface area contributed by atoms with Crippen LogP contribution < -0.4 is 5.32 Å². The predicted molar refractivity (Wildman–Crippen MR) is 83.9 cm³/mol. The number of carboxylic acids is 1. The Morgan fingerprint density at radius 3 is 2.59 bits per heavy atom. The van der Waals surface area contributed by atoms with E-state index in [2.05, 4.69) is 10.3 Å². The number of nitrogens with one attached hydrogen (secondary N) is 1. The summed E-state index contributed by atoms with van der Waals surface area (Å²) in [5, 5.41) is 12.6. The Morgan fingerprint density at radius 2 is 1.95 bits per heavy atom. The molecule has 114 valence electrons. The van der Waals surface area contributed by atoms with Crippen molar-refractivity contribution in [2.24, 2.45) is 5.92 Å². The minimum atomic E-state index is -0.788. The molecule has 1 heterocycles. The van der Waals surface area contributed by atoms with Crippen molar-refractivity contribution in [2.45, 2.75) is 25.8 Å². The molecule has 1 aromatic heterocycles. The number of thiazole rings is 1. The molecule has 0 bridgehead atoms.